The number of nitrogens with zero attached hydrogens (tertiary/aromatic N) is 2. The van der Waals surface area contributed by atoms with Crippen LogP contribution in [0, 0.1) is 17.8 Å². The Labute approximate surface area is 194 Å². The molecule has 0 unspecified atom stereocenters. The lowest BCUT2D eigenvalue weighted by atomic mass is 9.75. The fourth-order valence-corrected chi connectivity index (χ4v) is 6.91. The number of piperidine rings is 1. The quantitative estimate of drug-likeness (QED) is 0.772. The number of fused-ring (bicyclic) bond motifs is 3. The predicted octanol–water partition coefficient (Wildman–Crippen LogP) is 3.28. The van der Waals surface area contributed by atoms with E-state index in [0.717, 1.165) is 43.8 Å². The van der Waals surface area contributed by atoms with Crippen molar-refractivity contribution in [2.45, 2.75) is 44.1 Å². The van der Waals surface area contributed by atoms with Crippen LogP contribution in [0.15, 0.2) is 28.7 Å². The molecule has 2 aromatic rings. The normalized spacial score (nSPS) is 27.4. The van der Waals surface area contributed by atoms with Gasteiger partial charge in [0.15, 0.2) is 17.1 Å². The van der Waals surface area contributed by atoms with Crippen molar-refractivity contribution in [2.75, 3.05) is 39.8 Å². The summed E-state index contributed by atoms with van der Waals surface area (Å²) in [6.07, 6.45) is 7.02. The van der Waals surface area contributed by atoms with Crippen LogP contribution in [0.4, 0.5) is 0 Å². The van der Waals surface area contributed by atoms with E-state index in [1.807, 2.05) is 23.1 Å². The van der Waals surface area contributed by atoms with Crippen molar-refractivity contribution >= 4 is 22.8 Å². The molecule has 33 heavy (non-hydrogen) atoms. The molecule has 1 spiro atoms. The number of nitrogens with one attached hydrogen (secondary N) is 1. The Morgan fingerprint density at radius 1 is 1.21 bits per heavy atom. The SMILES string of the molecule is COc1cccc2cc(C(=O)N3CCC4(CC3)NC(=O)[C@@H]3CN(CC5CCCC5)C[C@@H]34)oc12. The molecule has 1 aromatic heterocycles. The average molecular weight is 452 g/mol. The first-order valence-corrected chi connectivity index (χ1v) is 12.5. The third kappa shape index (κ3) is 3.52. The van der Waals surface area contributed by atoms with E-state index in [9.17, 15) is 9.59 Å². The van der Waals surface area contributed by atoms with Crippen LogP contribution in [0.1, 0.15) is 49.1 Å². The molecular formula is C26H33N3O4. The summed E-state index contributed by atoms with van der Waals surface area (Å²) in [5.74, 6) is 2.39. The van der Waals surface area contributed by atoms with Crippen molar-refractivity contribution < 1.29 is 18.7 Å². The summed E-state index contributed by atoms with van der Waals surface area (Å²) in [5, 5.41) is 4.24. The smallest absolute Gasteiger partial charge is 0.289 e. The number of carbonyl (C=O) groups excluding carboxylic acids is 2. The Morgan fingerprint density at radius 3 is 2.76 bits per heavy atom. The van der Waals surface area contributed by atoms with Crippen LogP contribution in [-0.2, 0) is 4.79 Å². The third-order valence-electron chi connectivity index (χ3n) is 8.69. The van der Waals surface area contributed by atoms with E-state index in [0.29, 0.717) is 36.1 Å². The summed E-state index contributed by atoms with van der Waals surface area (Å²) in [4.78, 5) is 30.5. The van der Waals surface area contributed by atoms with E-state index < -0.39 is 0 Å². The number of hydrogen-bond donors (Lipinski definition) is 1. The van der Waals surface area contributed by atoms with Gasteiger partial charge in [-0.05, 0) is 43.7 Å². The molecule has 0 bridgehead atoms. The molecule has 7 heteroatoms. The maximum absolute atomic E-state index is 13.2. The molecule has 1 N–H and O–H groups in total. The number of amides is 2. The molecule has 4 fully saturated rings. The number of para-hydroxylation sites is 1. The second-order valence-electron chi connectivity index (χ2n) is 10.5. The summed E-state index contributed by atoms with van der Waals surface area (Å²) in [5.41, 5.74) is 0.441. The number of benzene rings is 1. The minimum atomic E-state index is -0.167. The van der Waals surface area contributed by atoms with Gasteiger partial charge >= 0.3 is 0 Å². The summed E-state index contributed by atoms with van der Waals surface area (Å²) < 4.78 is 11.3. The zero-order valence-corrected chi connectivity index (χ0v) is 19.3. The van der Waals surface area contributed by atoms with Crippen molar-refractivity contribution in [3.05, 3.63) is 30.0 Å². The second-order valence-corrected chi connectivity index (χ2v) is 10.5. The molecule has 2 amide bonds. The maximum Gasteiger partial charge on any atom is 0.289 e. The average Bonchev–Trinajstić information content (AvgIpc) is 3.61. The summed E-state index contributed by atoms with van der Waals surface area (Å²) in [6, 6.07) is 7.46. The van der Waals surface area contributed by atoms with Crippen LogP contribution in [0.5, 0.6) is 5.75 Å². The molecule has 1 aromatic carbocycles. The zero-order chi connectivity index (χ0) is 22.6. The molecule has 2 atom stereocenters. The highest BCUT2D eigenvalue weighted by atomic mass is 16.5. The first-order valence-electron chi connectivity index (χ1n) is 12.5. The van der Waals surface area contributed by atoms with E-state index >= 15 is 0 Å². The maximum atomic E-state index is 13.2. The van der Waals surface area contributed by atoms with Crippen LogP contribution >= 0.6 is 0 Å². The van der Waals surface area contributed by atoms with Gasteiger partial charge < -0.3 is 24.3 Å². The van der Waals surface area contributed by atoms with Gasteiger partial charge in [0.05, 0.1) is 13.0 Å². The standard InChI is InChI=1S/C26H33N3O4/c1-32-21-8-4-7-18-13-22(33-23(18)21)25(31)29-11-9-26(10-12-29)20-16-28(14-17-5-2-3-6-17)15-19(20)24(30)27-26/h4,7-8,13,17,19-20H,2-3,5-6,9-12,14-16H2,1H3,(H,27,30)/t19-,20+/m1/s1. The molecule has 3 aliphatic heterocycles. The molecule has 7 nitrogen and oxygen atoms in total. The van der Waals surface area contributed by atoms with E-state index in [1.165, 1.54) is 25.7 Å². The number of ether oxygens (including phenoxy) is 1. The van der Waals surface area contributed by atoms with Crippen molar-refractivity contribution in [1.82, 2.24) is 15.1 Å². The number of hydrogen-bond acceptors (Lipinski definition) is 5. The van der Waals surface area contributed by atoms with Crippen LogP contribution in [-0.4, -0.2) is 67.0 Å². The Hall–Kier alpha value is -2.54. The molecule has 1 aliphatic carbocycles. The Morgan fingerprint density at radius 2 is 2.00 bits per heavy atom. The van der Waals surface area contributed by atoms with Crippen molar-refractivity contribution in [3.63, 3.8) is 0 Å². The Bertz CT molecular complexity index is 1060. The highest BCUT2D eigenvalue weighted by Crippen LogP contribution is 2.44. The number of likely N-dealkylation sites (tertiary alicyclic amines) is 2. The minimum absolute atomic E-state index is 0.0849. The second kappa shape index (κ2) is 8.05. The van der Waals surface area contributed by atoms with Gasteiger partial charge in [-0.3, -0.25) is 9.59 Å². The van der Waals surface area contributed by atoms with E-state index in [4.69, 9.17) is 9.15 Å². The zero-order valence-electron chi connectivity index (χ0n) is 19.3. The van der Waals surface area contributed by atoms with Crippen molar-refractivity contribution in [3.8, 4) is 5.75 Å². The molecule has 176 valence electrons. The van der Waals surface area contributed by atoms with Gasteiger partial charge in [-0.25, -0.2) is 0 Å². The topological polar surface area (TPSA) is 75.0 Å². The first kappa shape index (κ1) is 21.0. The molecule has 4 aliphatic rings. The fraction of sp³-hybridized carbons (Fsp3) is 0.615. The molecular weight excluding hydrogens is 418 g/mol. The third-order valence-corrected chi connectivity index (χ3v) is 8.69. The summed E-state index contributed by atoms with van der Waals surface area (Å²) >= 11 is 0. The van der Waals surface area contributed by atoms with Gasteiger partial charge in [-0.2, -0.15) is 0 Å². The van der Waals surface area contributed by atoms with Crippen LogP contribution < -0.4 is 10.1 Å². The Balaban J connectivity index is 1.13. The first-order chi connectivity index (χ1) is 16.1. The fourth-order valence-electron chi connectivity index (χ4n) is 6.91. The van der Waals surface area contributed by atoms with E-state index in [2.05, 4.69) is 10.2 Å². The van der Waals surface area contributed by atoms with Gasteiger partial charge in [0.25, 0.3) is 5.91 Å². The van der Waals surface area contributed by atoms with Gasteiger partial charge in [-0.1, -0.05) is 25.0 Å². The predicted molar refractivity (Wildman–Crippen MR) is 124 cm³/mol. The number of rotatable bonds is 4. The minimum Gasteiger partial charge on any atom is -0.493 e. The summed E-state index contributed by atoms with van der Waals surface area (Å²) in [7, 11) is 1.60. The largest absolute Gasteiger partial charge is 0.493 e. The lowest BCUT2D eigenvalue weighted by Crippen LogP contribution is -2.56. The lowest BCUT2D eigenvalue weighted by Gasteiger charge is -2.42. The van der Waals surface area contributed by atoms with Crippen LogP contribution in [0.2, 0.25) is 0 Å². The van der Waals surface area contributed by atoms with Crippen molar-refractivity contribution in [1.29, 1.82) is 0 Å². The highest BCUT2D eigenvalue weighted by Gasteiger charge is 2.57. The van der Waals surface area contributed by atoms with Crippen LogP contribution in [0.3, 0.4) is 0 Å². The van der Waals surface area contributed by atoms with E-state index in [1.54, 1.807) is 13.2 Å². The van der Waals surface area contributed by atoms with Gasteiger partial charge in [0.2, 0.25) is 5.91 Å². The van der Waals surface area contributed by atoms with Crippen molar-refractivity contribution in [2.24, 2.45) is 17.8 Å². The monoisotopic (exact) mass is 451 g/mol. The van der Waals surface area contributed by atoms with Gasteiger partial charge in [0, 0.05) is 49.6 Å². The van der Waals surface area contributed by atoms with Gasteiger partial charge in [0.1, 0.15) is 0 Å². The molecule has 6 rings (SSSR count). The molecule has 3 saturated heterocycles. The Kier molecular flexibility index (Phi) is 5.13. The number of furan rings is 1. The molecule has 0 radical (unpaired) electrons. The molecule has 1 saturated carbocycles. The van der Waals surface area contributed by atoms with Crippen LogP contribution in [0.25, 0.3) is 11.0 Å². The van der Waals surface area contributed by atoms with E-state index in [-0.39, 0.29) is 23.3 Å². The van der Waals surface area contributed by atoms with Gasteiger partial charge in [-0.15, -0.1) is 0 Å². The lowest BCUT2D eigenvalue weighted by molar-refractivity contribution is -0.123. The number of carbonyl (C=O) groups is 2. The number of methoxy groups -OCH3 is 1. The summed E-state index contributed by atoms with van der Waals surface area (Å²) in [6.45, 7) is 4.34. The molecule has 4 heterocycles. The highest BCUT2D eigenvalue weighted by molar-refractivity contribution is 5.97.